The minimum Gasteiger partial charge on any atom is -0.493 e. The molecule has 0 saturated heterocycles. The number of nitrogens with zero attached hydrogens (tertiary/aromatic N) is 1. The summed E-state index contributed by atoms with van der Waals surface area (Å²) in [6.07, 6.45) is 0.976. The monoisotopic (exact) mass is 285 g/mol. The lowest BCUT2D eigenvalue weighted by Crippen LogP contribution is -2.08. The van der Waals surface area contributed by atoms with E-state index in [9.17, 15) is 0 Å². The van der Waals surface area contributed by atoms with Gasteiger partial charge >= 0.3 is 0 Å². The Labute approximate surface area is 126 Å². The Morgan fingerprint density at radius 1 is 1.05 bits per heavy atom. The third-order valence-corrected chi connectivity index (χ3v) is 3.07. The number of anilines is 4. The molecule has 0 fully saturated rings. The highest BCUT2D eigenvalue weighted by Gasteiger charge is 2.02. The van der Waals surface area contributed by atoms with E-state index in [0.29, 0.717) is 12.3 Å². The second-order valence-corrected chi connectivity index (χ2v) is 5.21. The average Bonchev–Trinajstić information content (AvgIpc) is 2.45. The van der Waals surface area contributed by atoms with Gasteiger partial charge in [-0.1, -0.05) is 6.92 Å². The molecule has 2 rings (SSSR count). The lowest BCUT2D eigenvalue weighted by atomic mass is 10.2. The number of ether oxygens (including phenoxy) is 1. The lowest BCUT2D eigenvalue weighted by molar-refractivity contribution is 0.318. The van der Waals surface area contributed by atoms with Gasteiger partial charge in [-0.25, -0.2) is 0 Å². The van der Waals surface area contributed by atoms with Gasteiger partial charge in [0, 0.05) is 49.0 Å². The SMILES string of the molecule is CCCOc1cc(N)cc(Nc2ccc(N(C)C)cc2)c1. The van der Waals surface area contributed by atoms with Crippen molar-refractivity contribution in [2.45, 2.75) is 13.3 Å². The molecular weight excluding hydrogens is 262 g/mol. The van der Waals surface area contributed by atoms with Crippen LogP contribution in [0.1, 0.15) is 13.3 Å². The van der Waals surface area contributed by atoms with E-state index in [0.717, 1.165) is 23.5 Å². The van der Waals surface area contributed by atoms with E-state index in [1.54, 1.807) is 0 Å². The van der Waals surface area contributed by atoms with Crippen molar-refractivity contribution in [3.63, 3.8) is 0 Å². The summed E-state index contributed by atoms with van der Waals surface area (Å²) in [4.78, 5) is 2.07. The zero-order chi connectivity index (χ0) is 15.2. The van der Waals surface area contributed by atoms with Crippen molar-refractivity contribution in [1.82, 2.24) is 0 Å². The molecular formula is C17H23N3O. The van der Waals surface area contributed by atoms with Gasteiger partial charge in [0.15, 0.2) is 0 Å². The van der Waals surface area contributed by atoms with Gasteiger partial charge < -0.3 is 20.7 Å². The van der Waals surface area contributed by atoms with Gasteiger partial charge in [0.1, 0.15) is 5.75 Å². The fourth-order valence-corrected chi connectivity index (χ4v) is 2.01. The molecule has 0 unspecified atom stereocenters. The molecule has 3 N–H and O–H groups in total. The maximum absolute atomic E-state index is 5.92. The Morgan fingerprint density at radius 2 is 1.76 bits per heavy atom. The molecule has 0 aromatic heterocycles. The number of hydrogen-bond donors (Lipinski definition) is 2. The molecule has 0 atom stereocenters. The van der Waals surface area contributed by atoms with Crippen LogP contribution >= 0.6 is 0 Å². The molecule has 4 heteroatoms. The molecule has 0 bridgehead atoms. The lowest BCUT2D eigenvalue weighted by Gasteiger charge is -2.14. The molecule has 112 valence electrons. The Morgan fingerprint density at radius 3 is 2.38 bits per heavy atom. The van der Waals surface area contributed by atoms with Gasteiger partial charge in [-0.2, -0.15) is 0 Å². The van der Waals surface area contributed by atoms with Crippen molar-refractivity contribution >= 4 is 22.7 Å². The molecule has 0 aliphatic carbocycles. The van der Waals surface area contributed by atoms with Gasteiger partial charge in [-0.05, 0) is 36.8 Å². The van der Waals surface area contributed by atoms with Gasteiger partial charge in [-0.15, -0.1) is 0 Å². The van der Waals surface area contributed by atoms with E-state index in [1.165, 1.54) is 5.69 Å². The summed E-state index contributed by atoms with van der Waals surface area (Å²) in [7, 11) is 4.05. The average molecular weight is 285 g/mol. The van der Waals surface area contributed by atoms with Crippen LogP contribution in [0.5, 0.6) is 5.75 Å². The first-order chi connectivity index (χ1) is 10.1. The predicted octanol–water partition coefficient (Wildman–Crippen LogP) is 3.87. The Hall–Kier alpha value is -2.36. The molecule has 4 nitrogen and oxygen atoms in total. The van der Waals surface area contributed by atoms with Crippen molar-refractivity contribution in [2.24, 2.45) is 0 Å². The fourth-order valence-electron chi connectivity index (χ4n) is 2.01. The van der Waals surface area contributed by atoms with Gasteiger partial charge in [0.2, 0.25) is 0 Å². The zero-order valence-corrected chi connectivity index (χ0v) is 12.9. The first-order valence-corrected chi connectivity index (χ1v) is 7.16. The summed E-state index contributed by atoms with van der Waals surface area (Å²) >= 11 is 0. The molecule has 0 aliphatic heterocycles. The summed E-state index contributed by atoms with van der Waals surface area (Å²) in [6.45, 7) is 2.78. The molecule has 0 amide bonds. The van der Waals surface area contributed by atoms with Crippen LogP contribution in [0.15, 0.2) is 42.5 Å². The minimum atomic E-state index is 0.691. The maximum atomic E-state index is 5.92. The molecule has 0 heterocycles. The van der Waals surface area contributed by atoms with Crippen LogP contribution in [0.25, 0.3) is 0 Å². The topological polar surface area (TPSA) is 50.5 Å². The van der Waals surface area contributed by atoms with Crippen molar-refractivity contribution in [1.29, 1.82) is 0 Å². The number of hydrogen-bond acceptors (Lipinski definition) is 4. The standard InChI is InChI=1S/C17H23N3O/c1-4-9-21-17-11-13(18)10-15(12-17)19-14-5-7-16(8-6-14)20(2)3/h5-8,10-12,19H,4,9,18H2,1-3H3. The summed E-state index contributed by atoms with van der Waals surface area (Å²) in [5.41, 5.74) is 9.73. The Kier molecular flexibility index (Phi) is 4.93. The second kappa shape index (κ2) is 6.88. The summed E-state index contributed by atoms with van der Waals surface area (Å²) in [5, 5.41) is 3.35. The molecule has 0 spiro atoms. The third-order valence-electron chi connectivity index (χ3n) is 3.07. The minimum absolute atomic E-state index is 0.691. The summed E-state index contributed by atoms with van der Waals surface area (Å²) in [5.74, 6) is 0.796. The van der Waals surface area contributed by atoms with Crippen LogP contribution in [0.4, 0.5) is 22.7 Å². The number of nitrogen functional groups attached to an aromatic ring is 1. The van der Waals surface area contributed by atoms with Crippen LogP contribution in [0.3, 0.4) is 0 Å². The molecule has 0 aliphatic rings. The highest BCUT2D eigenvalue weighted by molar-refractivity contribution is 5.67. The van der Waals surface area contributed by atoms with E-state index >= 15 is 0 Å². The molecule has 0 saturated carbocycles. The quantitative estimate of drug-likeness (QED) is 0.791. The third kappa shape index (κ3) is 4.31. The first-order valence-electron chi connectivity index (χ1n) is 7.16. The van der Waals surface area contributed by atoms with Crippen molar-refractivity contribution in [2.75, 3.05) is 36.7 Å². The largest absolute Gasteiger partial charge is 0.493 e. The summed E-state index contributed by atoms with van der Waals surface area (Å²) < 4.78 is 5.64. The van der Waals surface area contributed by atoms with Crippen LogP contribution in [-0.4, -0.2) is 20.7 Å². The number of nitrogens with one attached hydrogen (secondary N) is 1. The van der Waals surface area contributed by atoms with E-state index in [4.69, 9.17) is 10.5 Å². The fraction of sp³-hybridized carbons (Fsp3) is 0.294. The molecule has 2 aromatic rings. The maximum Gasteiger partial charge on any atom is 0.123 e. The van der Waals surface area contributed by atoms with Gasteiger partial charge in [-0.3, -0.25) is 0 Å². The second-order valence-electron chi connectivity index (χ2n) is 5.21. The highest BCUT2D eigenvalue weighted by atomic mass is 16.5. The molecule has 0 radical (unpaired) electrons. The number of benzene rings is 2. The summed E-state index contributed by atoms with van der Waals surface area (Å²) in [6, 6.07) is 13.9. The van der Waals surface area contributed by atoms with Gasteiger partial charge in [0.05, 0.1) is 6.61 Å². The van der Waals surface area contributed by atoms with E-state index in [-0.39, 0.29) is 0 Å². The van der Waals surface area contributed by atoms with Crippen molar-refractivity contribution < 1.29 is 4.74 Å². The van der Waals surface area contributed by atoms with E-state index in [2.05, 4.69) is 29.3 Å². The van der Waals surface area contributed by atoms with Crippen molar-refractivity contribution in [3.8, 4) is 5.75 Å². The normalized spacial score (nSPS) is 10.2. The Bertz CT molecular complexity index is 579. The molecule has 21 heavy (non-hydrogen) atoms. The number of nitrogens with two attached hydrogens (primary N) is 1. The predicted molar refractivity (Wildman–Crippen MR) is 90.7 cm³/mol. The number of rotatable bonds is 6. The van der Waals surface area contributed by atoms with E-state index in [1.807, 2.05) is 44.4 Å². The Balaban J connectivity index is 2.12. The van der Waals surface area contributed by atoms with E-state index < -0.39 is 0 Å². The zero-order valence-electron chi connectivity index (χ0n) is 12.9. The highest BCUT2D eigenvalue weighted by Crippen LogP contribution is 2.26. The first kappa shape index (κ1) is 15.0. The van der Waals surface area contributed by atoms with Crippen LogP contribution < -0.4 is 20.7 Å². The van der Waals surface area contributed by atoms with Crippen LogP contribution in [0.2, 0.25) is 0 Å². The van der Waals surface area contributed by atoms with Crippen LogP contribution in [0, 0.1) is 0 Å². The van der Waals surface area contributed by atoms with Crippen molar-refractivity contribution in [3.05, 3.63) is 42.5 Å². The molecule has 2 aromatic carbocycles. The van der Waals surface area contributed by atoms with Crippen LogP contribution in [-0.2, 0) is 0 Å². The van der Waals surface area contributed by atoms with Gasteiger partial charge in [0.25, 0.3) is 0 Å². The smallest absolute Gasteiger partial charge is 0.123 e.